The van der Waals surface area contributed by atoms with E-state index in [9.17, 15) is 13.2 Å². The number of thiazole rings is 1. The molecule has 0 spiro atoms. The Morgan fingerprint density at radius 1 is 1.43 bits per heavy atom. The number of hydrogen-bond donors (Lipinski definition) is 0. The van der Waals surface area contributed by atoms with Crippen LogP contribution in [-0.2, 0) is 21.3 Å². The van der Waals surface area contributed by atoms with E-state index in [1.807, 2.05) is 6.92 Å². The molecule has 0 aliphatic rings. The maximum absolute atomic E-state index is 12.6. The van der Waals surface area contributed by atoms with E-state index in [1.165, 1.54) is 48.0 Å². The molecule has 0 fully saturated rings. The third kappa shape index (κ3) is 3.89. The minimum atomic E-state index is -3.78. The monoisotopic (exact) mass is 374 g/mol. The van der Waals surface area contributed by atoms with Crippen LogP contribution in [0.25, 0.3) is 0 Å². The first-order valence-electron chi connectivity index (χ1n) is 6.51. The Morgan fingerprint density at radius 3 is 2.65 bits per heavy atom. The van der Waals surface area contributed by atoms with E-state index in [-0.39, 0.29) is 22.0 Å². The van der Waals surface area contributed by atoms with Gasteiger partial charge in [-0.1, -0.05) is 11.6 Å². The normalized spacial score (nSPS) is 11.7. The summed E-state index contributed by atoms with van der Waals surface area (Å²) < 4.78 is 31.0. The molecular formula is C14H15ClN2O4S2. The topological polar surface area (TPSA) is 76.6 Å². The molecule has 2 rings (SSSR count). The second-order valence-corrected chi connectivity index (χ2v) is 8.48. The van der Waals surface area contributed by atoms with Crippen molar-refractivity contribution in [3.8, 4) is 0 Å². The molecule has 0 saturated carbocycles. The molecule has 0 atom stereocenters. The highest BCUT2D eigenvalue weighted by molar-refractivity contribution is 7.89. The Balaban J connectivity index is 2.30. The van der Waals surface area contributed by atoms with E-state index in [1.54, 1.807) is 6.20 Å². The predicted molar refractivity (Wildman–Crippen MR) is 88.3 cm³/mol. The van der Waals surface area contributed by atoms with Crippen molar-refractivity contribution in [2.75, 3.05) is 14.2 Å². The van der Waals surface area contributed by atoms with E-state index in [2.05, 4.69) is 9.72 Å². The van der Waals surface area contributed by atoms with Gasteiger partial charge in [0, 0.05) is 24.7 Å². The fourth-order valence-corrected chi connectivity index (χ4v) is 4.50. The van der Waals surface area contributed by atoms with E-state index < -0.39 is 16.0 Å². The molecule has 0 aliphatic carbocycles. The lowest BCUT2D eigenvalue weighted by Crippen LogP contribution is -2.26. The first-order valence-corrected chi connectivity index (χ1v) is 9.14. The second kappa shape index (κ2) is 6.96. The molecule has 9 heteroatoms. The summed E-state index contributed by atoms with van der Waals surface area (Å²) in [6.45, 7) is 2.05. The van der Waals surface area contributed by atoms with Gasteiger partial charge in [0.15, 0.2) is 0 Å². The van der Waals surface area contributed by atoms with Crippen molar-refractivity contribution in [1.29, 1.82) is 0 Å². The molecule has 2 aromatic rings. The van der Waals surface area contributed by atoms with Crippen molar-refractivity contribution < 1.29 is 17.9 Å². The minimum absolute atomic E-state index is 0.0276. The van der Waals surface area contributed by atoms with Crippen molar-refractivity contribution >= 4 is 38.9 Å². The zero-order valence-corrected chi connectivity index (χ0v) is 15.1. The first kappa shape index (κ1) is 17.9. The molecule has 23 heavy (non-hydrogen) atoms. The van der Waals surface area contributed by atoms with Gasteiger partial charge in [0.05, 0.1) is 22.7 Å². The molecule has 0 N–H and O–H groups in total. The van der Waals surface area contributed by atoms with Crippen LogP contribution in [0.1, 0.15) is 20.2 Å². The number of nitrogens with zero attached hydrogens (tertiary/aromatic N) is 2. The number of methoxy groups -OCH3 is 1. The van der Waals surface area contributed by atoms with Gasteiger partial charge in [0.1, 0.15) is 4.90 Å². The summed E-state index contributed by atoms with van der Waals surface area (Å²) in [5.41, 5.74) is 0.192. The standard InChI is InChI=1S/C14H15ClN2O4S2/c1-9-16-7-11(22-9)8-17(2)23(19,20)13-5-4-10(6-12(13)15)14(18)21-3/h4-7H,8H2,1-3H3. The van der Waals surface area contributed by atoms with Gasteiger partial charge < -0.3 is 4.74 Å². The van der Waals surface area contributed by atoms with Crippen molar-refractivity contribution in [3.63, 3.8) is 0 Å². The molecule has 0 saturated heterocycles. The predicted octanol–water partition coefficient (Wildman–Crippen LogP) is 2.71. The highest BCUT2D eigenvalue weighted by Crippen LogP contribution is 2.27. The van der Waals surface area contributed by atoms with Crippen molar-refractivity contribution in [2.45, 2.75) is 18.4 Å². The Bertz CT molecular complexity index is 833. The molecular weight excluding hydrogens is 360 g/mol. The third-order valence-electron chi connectivity index (χ3n) is 3.09. The molecule has 6 nitrogen and oxygen atoms in total. The number of halogens is 1. The molecule has 1 aromatic carbocycles. The van der Waals surface area contributed by atoms with E-state index in [0.29, 0.717) is 0 Å². The fraction of sp³-hybridized carbons (Fsp3) is 0.286. The summed E-state index contributed by atoms with van der Waals surface area (Å²) in [7, 11) is -1.07. The number of carbonyl (C=O) groups excluding carboxylic acids is 1. The lowest BCUT2D eigenvalue weighted by molar-refractivity contribution is 0.0600. The van der Waals surface area contributed by atoms with E-state index >= 15 is 0 Å². The first-order chi connectivity index (χ1) is 10.8. The highest BCUT2D eigenvalue weighted by atomic mass is 35.5. The van der Waals surface area contributed by atoms with Crippen molar-refractivity contribution in [2.24, 2.45) is 0 Å². The van der Waals surface area contributed by atoms with Gasteiger partial charge in [0.2, 0.25) is 10.0 Å². The van der Waals surface area contributed by atoms with E-state index in [0.717, 1.165) is 9.88 Å². The zero-order valence-electron chi connectivity index (χ0n) is 12.7. The van der Waals surface area contributed by atoms with Crippen LogP contribution in [0, 0.1) is 6.92 Å². The molecule has 124 valence electrons. The molecule has 0 unspecified atom stereocenters. The SMILES string of the molecule is COC(=O)c1ccc(S(=O)(=O)N(C)Cc2cnc(C)s2)c(Cl)c1. The van der Waals surface area contributed by atoms with Gasteiger partial charge in [-0.25, -0.2) is 18.2 Å². The largest absolute Gasteiger partial charge is 0.465 e. The lowest BCUT2D eigenvalue weighted by Gasteiger charge is -2.17. The summed E-state index contributed by atoms with van der Waals surface area (Å²) in [5, 5.41) is 0.839. The van der Waals surface area contributed by atoms with Crippen molar-refractivity contribution in [3.05, 3.63) is 44.9 Å². The second-order valence-electron chi connectivity index (χ2n) is 4.74. The summed E-state index contributed by atoms with van der Waals surface area (Å²) in [6.07, 6.45) is 1.65. The van der Waals surface area contributed by atoms with Gasteiger partial charge in [-0.2, -0.15) is 4.31 Å². The maximum Gasteiger partial charge on any atom is 0.337 e. The molecule has 1 heterocycles. The fourth-order valence-electron chi connectivity index (χ4n) is 1.91. The minimum Gasteiger partial charge on any atom is -0.465 e. The van der Waals surface area contributed by atoms with Crippen LogP contribution < -0.4 is 0 Å². The average Bonchev–Trinajstić information content (AvgIpc) is 2.91. The van der Waals surface area contributed by atoms with Crippen LogP contribution in [0.15, 0.2) is 29.3 Å². The summed E-state index contributed by atoms with van der Waals surface area (Å²) in [6, 6.07) is 3.96. The number of rotatable bonds is 5. The molecule has 1 aromatic heterocycles. The number of aromatic nitrogens is 1. The number of carbonyl (C=O) groups is 1. The number of hydrogen-bond acceptors (Lipinski definition) is 6. The quantitative estimate of drug-likeness (QED) is 0.752. The van der Waals surface area contributed by atoms with Crippen LogP contribution >= 0.6 is 22.9 Å². The number of sulfonamides is 1. The number of ether oxygens (including phenoxy) is 1. The van der Waals surface area contributed by atoms with Gasteiger partial charge in [-0.3, -0.25) is 0 Å². The average molecular weight is 375 g/mol. The Morgan fingerprint density at radius 2 is 2.13 bits per heavy atom. The number of benzene rings is 1. The van der Waals surface area contributed by atoms with Crippen LogP contribution in [0.3, 0.4) is 0 Å². The zero-order chi connectivity index (χ0) is 17.2. The van der Waals surface area contributed by atoms with Crippen LogP contribution in [0.4, 0.5) is 0 Å². The number of aryl methyl sites for hydroxylation is 1. The lowest BCUT2D eigenvalue weighted by atomic mass is 10.2. The maximum atomic E-state index is 12.6. The van der Waals surface area contributed by atoms with Crippen LogP contribution in [-0.4, -0.2) is 37.8 Å². The Kier molecular flexibility index (Phi) is 5.41. The van der Waals surface area contributed by atoms with E-state index in [4.69, 9.17) is 11.6 Å². The molecule has 0 bridgehead atoms. The third-order valence-corrected chi connectivity index (χ3v) is 6.27. The van der Waals surface area contributed by atoms with Gasteiger partial charge >= 0.3 is 5.97 Å². The summed E-state index contributed by atoms with van der Waals surface area (Å²) >= 11 is 7.47. The van der Waals surface area contributed by atoms with Crippen molar-refractivity contribution in [1.82, 2.24) is 9.29 Å². The molecule has 0 radical (unpaired) electrons. The smallest absolute Gasteiger partial charge is 0.337 e. The Hall–Kier alpha value is -1.48. The Labute approximate surface area is 143 Å². The summed E-state index contributed by atoms with van der Waals surface area (Å²) in [4.78, 5) is 16.3. The van der Waals surface area contributed by atoms with Crippen LogP contribution in [0.2, 0.25) is 5.02 Å². The van der Waals surface area contributed by atoms with Crippen LogP contribution in [0.5, 0.6) is 0 Å². The molecule has 0 amide bonds. The summed E-state index contributed by atoms with van der Waals surface area (Å²) in [5.74, 6) is -0.579. The van der Waals surface area contributed by atoms with Gasteiger partial charge in [-0.15, -0.1) is 11.3 Å². The van der Waals surface area contributed by atoms with Gasteiger partial charge in [0.25, 0.3) is 0 Å². The van der Waals surface area contributed by atoms with Gasteiger partial charge in [-0.05, 0) is 25.1 Å². The highest BCUT2D eigenvalue weighted by Gasteiger charge is 2.25. The number of esters is 1. The molecule has 0 aliphatic heterocycles.